The molecule has 3 atom stereocenters. The normalized spacial score (nSPS) is 21.8. The first-order chi connectivity index (χ1) is 19.6. The number of hydrogen-bond acceptors (Lipinski definition) is 5. The Labute approximate surface area is 244 Å². The van der Waals surface area contributed by atoms with Gasteiger partial charge in [-0.2, -0.15) is 4.31 Å². The molecule has 0 bridgehead atoms. The SMILES string of the molecule is COC[C@@H]1[C@@H](c2ccc(-c3cccc(C)c3C)cc2)[C@@H]2CN(S(=O)(=O)c3ccc(NC(C)=O)cc3C)CCCCN12. The summed E-state index contributed by atoms with van der Waals surface area (Å²) >= 11 is 0. The average molecular weight is 576 g/mol. The second-order valence-corrected chi connectivity index (χ2v) is 13.4. The summed E-state index contributed by atoms with van der Waals surface area (Å²) in [6, 6.07) is 20.5. The van der Waals surface area contributed by atoms with Crippen molar-refractivity contribution in [3.63, 3.8) is 0 Å². The van der Waals surface area contributed by atoms with E-state index in [-0.39, 0.29) is 23.9 Å². The van der Waals surface area contributed by atoms with Crippen molar-refractivity contribution in [2.45, 2.75) is 63.4 Å². The van der Waals surface area contributed by atoms with Crippen LogP contribution in [0.5, 0.6) is 0 Å². The quantitative estimate of drug-likeness (QED) is 0.402. The van der Waals surface area contributed by atoms with Gasteiger partial charge in [-0.05, 0) is 91.7 Å². The van der Waals surface area contributed by atoms with Crippen molar-refractivity contribution >= 4 is 21.6 Å². The topological polar surface area (TPSA) is 79.0 Å². The summed E-state index contributed by atoms with van der Waals surface area (Å²) in [5.74, 6) is -0.0193. The molecule has 0 aromatic heterocycles. The first kappa shape index (κ1) is 29.5. The van der Waals surface area contributed by atoms with Gasteiger partial charge in [0.15, 0.2) is 0 Å². The van der Waals surface area contributed by atoms with E-state index in [1.165, 1.54) is 34.7 Å². The van der Waals surface area contributed by atoms with Crippen LogP contribution in [0.3, 0.4) is 0 Å². The van der Waals surface area contributed by atoms with Crippen LogP contribution in [0.25, 0.3) is 11.1 Å². The van der Waals surface area contributed by atoms with Gasteiger partial charge in [0.2, 0.25) is 15.9 Å². The van der Waals surface area contributed by atoms with Crippen LogP contribution in [0, 0.1) is 20.8 Å². The number of aryl methyl sites for hydroxylation is 2. The van der Waals surface area contributed by atoms with E-state index in [0.29, 0.717) is 35.8 Å². The number of carbonyl (C=O) groups is 1. The van der Waals surface area contributed by atoms with Crippen molar-refractivity contribution in [2.75, 3.05) is 38.7 Å². The molecule has 0 spiro atoms. The first-order valence-corrected chi connectivity index (χ1v) is 15.9. The lowest BCUT2D eigenvalue weighted by Gasteiger charge is -2.57. The molecule has 8 heteroatoms. The molecule has 2 heterocycles. The van der Waals surface area contributed by atoms with Gasteiger partial charge >= 0.3 is 0 Å². The molecule has 1 amide bonds. The largest absolute Gasteiger partial charge is 0.383 e. The minimum Gasteiger partial charge on any atom is -0.383 e. The zero-order valence-electron chi connectivity index (χ0n) is 24.7. The minimum absolute atomic E-state index is 0.0655. The predicted octanol–water partition coefficient (Wildman–Crippen LogP) is 5.50. The number of rotatable bonds is 7. The Morgan fingerprint density at radius 3 is 2.39 bits per heavy atom. The lowest BCUT2D eigenvalue weighted by molar-refractivity contribution is -0.114. The Kier molecular flexibility index (Phi) is 8.66. The fraction of sp³-hybridized carbons (Fsp3) is 0.424. The van der Waals surface area contributed by atoms with Gasteiger partial charge in [0, 0.05) is 50.8 Å². The standard InChI is InChI=1S/C33H41N3O4S/c1-22-9-8-10-29(24(22)3)26-11-13-27(14-12-26)33-30-20-35(17-6-7-18-36(30)31(33)21-40-5)41(38,39)32-16-15-28(19-23(32)2)34-25(4)37/h8-16,19,30-31,33H,6-7,17-18,20-21H2,1-5H3,(H,34,37)/t30-,31+,33-/m0/s1. The van der Waals surface area contributed by atoms with Crippen molar-refractivity contribution in [3.8, 4) is 11.1 Å². The molecule has 218 valence electrons. The van der Waals surface area contributed by atoms with E-state index < -0.39 is 10.0 Å². The molecule has 7 nitrogen and oxygen atoms in total. The van der Waals surface area contributed by atoms with Crippen LogP contribution < -0.4 is 5.32 Å². The van der Waals surface area contributed by atoms with Crippen LogP contribution in [0.2, 0.25) is 0 Å². The first-order valence-electron chi connectivity index (χ1n) is 14.4. The van der Waals surface area contributed by atoms with Crippen molar-refractivity contribution in [1.29, 1.82) is 0 Å². The van der Waals surface area contributed by atoms with Gasteiger partial charge in [0.05, 0.1) is 11.5 Å². The zero-order chi connectivity index (χ0) is 29.3. The van der Waals surface area contributed by atoms with Crippen LogP contribution in [0.4, 0.5) is 5.69 Å². The second kappa shape index (κ2) is 12.1. The Bertz CT molecular complexity index is 1520. The second-order valence-electron chi connectivity index (χ2n) is 11.5. The molecule has 41 heavy (non-hydrogen) atoms. The van der Waals surface area contributed by atoms with Gasteiger partial charge in [-0.3, -0.25) is 9.69 Å². The number of fused-ring (bicyclic) bond motifs is 1. The Morgan fingerprint density at radius 2 is 1.71 bits per heavy atom. The third kappa shape index (κ3) is 5.84. The van der Waals surface area contributed by atoms with Gasteiger partial charge in [-0.1, -0.05) is 42.5 Å². The smallest absolute Gasteiger partial charge is 0.243 e. The van der Waals surface area contributed by atoms with E-state index in [2.05, 4.69) is 66.5 Å². The van der Waals surface area contributed by atoms with E-state index in [0.717, 1.165) is 19.4 Å². The van der Waals surface area contributed by atoms with Crippen molar-refractivity contribution in [2.24, 2.45) is 0 Å². The monoisotopic (exact) mass is 575 g/mol. The Morgan fingerprint density at radius 1 is 0.976 bits per heavy atom. The van der Waals surface area contributed by atoms with E-state index in [4.69, 9.17) is 4.74 Å². The molecule has 3 aromatic carbocycles. The molecule has 3 aromatic rings. The number of hydrogen-bond donors (Lipinski definition) is 1. The third-order valence-electron chi connectivity index (χ3n) is 8.81. The molecule has 2 aliphatic rings. The van der Waals surface area contributed by atoms with Crippen LogP contribution in [0.1, 0.15) is 47.9 Å². The van der Waals surface area contributed by atoms with E-state index in [9.17, 15) is 13.2 Å². The molecular weight excluding hydrogens is 534 g/mol. The van der Waals surface area contributed by atoms with Gasteiger partial charge < -0.3 is 10.1 Å². The lowest BCUT2D eigenvalue weighted by Crippen LogP contribution is -2.68. The Hall–Kier alpha value is -3.04. The summed E-state index contributed by atoms with van der Waals surface area (Å²) in [4.78, 5) is 14.2. The highest BCUT2D eigenvalue weighted by molar-refractivity contribution is 7.89. The molecule has 0 unspecified atom stereocenters. The molecule has 2 aliphatic heterocycles. The van der Waals surface area contributed by atoms with Gasteiger partial charge in [0.1, 0.15) is 0 Å². The number of amides is 1. The molecule has 2 fully saturated rings. The van der Waals surface area contributed by atoms with Crippen molar-refractivity contribution in [1.82, 2.24) is 9.21 Å². The Balaban J connectivity index is 1.43. The molecule has 0 radical (unpaired) electrons. The zero-order valence-corrected chi connectivity index (χ0v) is 25.5. The van der Waals surface area contributed by atoms with Gasteiger partial charge in [-0.15, -0.1) is 0 Å². The number of methoxy groups -OCH3 is 1. The van der Waals surface area contributed by atoms with E-state index >= 15 is 0 Å². The number of carbonyl (C=O) groups excluding carboxylic acids is 1. The van der Waals surface area contributed by atoms with Crippen LogP contribution in [-0.4, -0.2) is 69.0 Å². The number of sulfonamides is 1. The highest BCUT2D eigenvalue weighted by atomic mass is 32.2. The minimum atomic E-state index is -3.72. The number of nitrogens with one attached hydrogen (secondary N) is 1. The maximum absolute atomic E-state index is 14.0. The highest BCUT2D eigenvalue weighted by Gasteiger charge is 2.50. The average Bonchev–Trinajstić information content (AvgIpc) is 2.91. The summed E-state index contributed by atoms with van der Waals surface area (Å²) in [6.45, 7) is 9.99. The maximum Gasteiger partial charge on any atom is 0.243 e. The predicted molar refractivity (Wildman–Crippen MR) is 164 cm³/mol. The fourth-order valence-electron chi connectivity index (χ4n) is 6.59. The van der Waals surface area contributed by atoms with E-state index in [1.807, 2.05) is 0 Å². The molecule has 5 rings (SSSR count). The number of benzene rings is 3. The fourth-order valence-corrected chi connectivity index (χ4v) is 8.29. The number of nitrogens with zero attached hydrogens (tertiary/aromatic N) is 2. The number of ether oxygens (including phenoxy) is 1. The molecule has 1 N–H and O–H groups in total. The summed E-state index contributed by atoms with van der Waals surface area (Å²) in [6.07, 6.45) is 1.74. The van der Waals surface area contributed by atoms with Crippen LogP contribution in [0.15, 0.2) is 65.6 Å². The summed E-state index contributed by atoms with van der Waals surface area (Å²) in [5, 5.41) is 2.74. The van der Waals surface area contributed by atoms with Gasteiger partial charge in [-0.25, -0.2) is 8.42 Å². The molecule has 0 saturated carbocycles. The summed E-state index contributed by atoms with van der Waals surface area (Å²) in [7, 11) is -1.99. The van der Waals surface area contributed by atoms with Crippen molar-refractivity contribution < 1.29 is 17.9 Å². The van der Waals surface area contributed by atoms with Crippen molar-refractivity contribution in [3.05, 3.63) is 82.9 Å². The molecule has 2 saturated heterocycles. The third-order valence-corrected chi connectivity index (χ3v) is 10.8. The maximum atomic E-state index is 14.0. The van der Waals surface area contributed by atoms with Crippen LogP contribution in [-0.2, 0) is 19.6 Å². The van der Waals surface area contributed by atoms with Crippen LogP contribution >= 0.6 is 0 Å². The molecular formula is C33H41N3O4S. The summed E-state index contributed by atoms with van der Waals surface area (Å²) in [5.41, 5.74) is 7.43. The van der Waals surface area contributed by atoms with Gasteiger partial charge in [0.25, 0.3) is 0 Å². The highest BCUT2D eigenvalue weighted by Crippen LogP contribution is 2.43. The summed E-state index contributed by atoms with van der Waals surface area (Å²) < 4.78 is 35.3. The number of anilines is 1. The molecule has 0 aliphatic carbocycles. The lowest BCUT2D eigenvalue weighted by atomic mass is 9.74. The van der Waals surface area contributed by atoms with E-state index in [1.54, 1.807) is 36.5 Å².